The van der Waals surface area contributed by atoms with Crippen molar-refractivity contribution >= 4 is 28.6 Å². The fourth-order valence-electron chi connectivity index (χ4n) is 3.87. The lowest BCUT2D eigenvalue weighted by atomic mass is 10.1. The van der Waals surface area contributed by atoms with E-state index in [9.17, 15) is 9.18 Å². The molecule has 0 atom stereocenters. The van der Waals surface area contributed by atoms with E-state index >= 15 is 0 Å². The van der Waals surface area contributed by atoms with Crippen LogP contribution in [0, 0.1) is 12.9 Å². The normalized spacial score (nSPS) is 18.0. The van der Waals surface area contributed by atoms with Crippen LogP contribution in [0.1, 0.15) is 35.9 Å². The quantitative estimate of drug-likeness (QED) is 0.662. The number of aromatic nitrogens is 3. The van der Waals surface area contributed by atoms with Crippen molar-refractivity contribution in [3.05, 3.63) is 41.8 Å². The van der Waals surface area contributed by atoms with Gasteiger partial charge in [0, 0.05) is 31.7 Å². The zero-order valence-corrected chi connectivity index (χ0v) is 17.0. The number of furan rings is 1. The Kier molecular flexibility index (Phi) is 4.34. The maximum Gasteiger partial charge on any atom is 0.258 e. The van der Waals surface area contributed by atoms with Gasteiger partial charge in [0.2, 0.25) is 11.7 Å². The number of pyridine rings is 1. The number of aryl methyl sites for hydroxylation is 1. The SMILES string of the molecule is Cc1oc2ncnc(NC3(C)CC3)c2c1C(=O)N1CCN(c2cccc(F)n2)CC1. The van der Waals surface area contributed by atoms with E-state index in [0.29, 0.717) is 60.2 Å². The van der Waals surface area contributed by atoms with E-state index < -0.39 is 5.95 Å². The van der Waals surface area contributed by atoms with Gasteiger partial charge in [0.1, 0.15) is 23.7 Å². The van der Waals surface area contributed by atoms with Crippen molar-refractivity contribution in [3.63, 3.8) is 0 Å². The molecule has 1 saturated carbocycles. The van der Waals surface area contributed by atoms with Crippen molar-refractivity contribution in [3.8, 4) is 0 Å². The second-order valence-electron chi connectivity index (χ2n) is 8.22. The lowest BCUT2D eigenvalue weighted by Gasteiger charge is -2.35. The Hall–Kier alpha value is -3.23. The summed E-state index contributed by atoms with van der Waals surface area (Å²) < 4.78 is 19.2. The molecule has 1 aliphatic carbocycles. The maximum absolute atomic E-state index is 13.4. The van der Waals surface area contributed by atoms with Crippen LogP contribution in [0.3, 0.4) is 0 Å². The van der Waals surface area contributed by atoms with Crippen LogP contribution < -0.4 is 10.2 Å². The second kappa shape index (κ2) is 6.93. The van der Waals surface area contributed by atoms with Crippen molar-refractivity contribution in [2.24, 2.45) is 0 Å². The van der Waals surface area contributed by atoms with Crippen LogP contribution in [-0.4, -0.2) is 57.5 Å². The molecule has 8 nitrogen and oxygen atoms in total. The Morgan fingerprint density at radius 2 is 1.97 bits per heavy atom. The molecule has 3 aromatic heterocycles. The van der Waals surface area contributed by atoms with E-state index in [-0.39, 0.29) is 11.4 Å². The number of nitrogens with zero attached hydrogens (tertiary/aromatic N) is 5. The van der Waals surface area contributed by atoms with Gasteiger partial charge in [-0.3, -0.25) is 4.79 Å². The van der Waals surface area contributed by atoms with Gasteiger partial charge in [0.15, 0.2) is 0 Å². The molecule has 0 bridgehead atoms. The summed E-state index contributed by atoms with van der Waals surface area (Å²) in [5.74, 6) is 1.16. The van der Waals surface area contributed by atoms with Crippen LogP contribution in [0.5, 0.6) is 0 Å². The maximum atomic E-state index is 13.4. The Bertz CT molecular complexity index is 1120. The van der Waals surface area contributed by atoms with E-state index in [0.717, 1.165) is 12.8 Å². The van der Waals surface area contributed by atoms with Crippen molar-refractivity contribution in [1.29, 1.82) is 0 Å². The fourth-order valence-corrected chi connectivity index (χ4v) is 3.87. The molecule has 0 radical (unpaired) electrons. The lowest BCUT2D eigenvalue weighted by Crippen LogP contribution is -2.49. The number of nitrogens with one attached hydrogen (secondary N) is 1. The van der Waals surface area contributed by atoms with Crippen molar-refractivity contribution in [1.82, 2.24) is 19.9 Å². The number of rotatable bonds is 4. The lowest BCUT2D eigenvalue weighted by molar-refractivity contribution is 0.0746. The average molecular weight is 410 g/mol. The smallest absolute Gasteiger partial charge is 0.258 e. The van der Waals surface area contributed by atoms with E-state index in [2.05, 4.69) is 27.2 Å². The molecule has 1 amide bonds. The number of piperazine rings is 1. The molecular formula is C21H23FN6O2. The van der Waals surface area contributed by atoms with Gasteiger partial charge in [-0.25, -0.2) is 15.0 Å². The van der Waals surface area contributed by atoms with E-state index in [1.54, 1.807) is 24.0 Å². The summed E-state index contributed by atoms with van der Waals surface area (Å²) in [4.78, 5) is 29.7. The van der Waals surface area contributed by atoms with Gasteiger partial charge in [-0.1, -0.05) is 6.07 Å². The van der Waals surface area contributed by atoms with Crippen molar-refractivity contribution < 1.29 is 13.6 Å². The molecule has 30 heavy (non-hydrogen) atoms. The third-order valence-corrected chi connectivity index (χ3v) is 5.89. The number of anilines is 2. The third-order valence-electron chi connectivity index (χ3n) is 5.89. The predicted molar refractivity (Wildman–Crippen MR) is 110 cm³/mol. The molecule has 0 aromatic carbocycles. The van der Waals surface area contributed by atoms with Gasteiger partial charge >= 0.3 is 0 Å². The minimum absolute atomic E-state index is 0.0103. The Balaban J connectivity index is 1.39. The summed E-state index contributed by atoms with van der Waals surface area (Å²) in [6, 6.07) is 4.75. The summed E-state index contributed by atoms with van der Waals surface area (Å²) in [6.45, 7) is 6.10. The van der Waals surface area contributed by atoms with Gasteiger partial charge in [0.05, 0.1) is 10.9 Å². The molecule has 9 heteroatoms. The van der Waals surface area contributed by atoms with Gasteiger partial charge < -0.3 is 19.5 Å². The molecule has 1 aliphatic heterocycles. The van der Waals surface area contributed by atoms with Crippen LogP contribution in [0.15, 0.2) is 28.9 Å². The largest absolute Gasteiger partial charge is 0.442 e. The summed E-state index contributed by atoms with van der Waals surface area (Å²) >= 11 is 0. The van der Waals surface area contributed by atoms with Crippen LogP contribution in [0.2, 0.25) is 0 Å². The molecular weight excluding hydrogens is 387 g/mol. The van der Waals surface area contributed by atoms with Crippen molar-refractivity contribution in [2.75, 3.05) is 36.4 Å². The summed E-state index contributed by atoms with van der Waals surface area (Å²) in [7, 11) is 0. The summed E-state index contributed by atoms with van der Waals surface area (Å²) in [5, 5.41) is 4.09. The minimum Gasteiger partial charge on any atom is -0.442 e. The second-order valence-corrected chi connectivity index (χ2v) is 8.22. The number of carbonyl (C=O) groups excluding carboxylic acids is 1. The highest BCUT2D eigenvalue weighted by Crippen LogP contribution is 2.40. The standard InChI is InChI=1S/C21H23FN6O2/c1-13-16(17-18(26-21(2)6-7-21)23-12-24-19(17)30-13)20(29)28-10-8-27(9-11-28)15-5-3-4-14(22)25-15/h3-5,12H,6-11H2,1-2H3,(H,23,24,26). The number of amides is 1. The monoisotopic (exact) mass is 410 g/mol. The molecule has 4 heterocycles. The highest BCUT2D eigenvalue weighted by Gasteiger charge is 2.39. The van der Waals surface area contributed by atoms with Crippen molar-refractivity contribution in [2.45, 2.75) is 32.2 Å². The first kappa shape index (κ1) is 18.8. The molecule has 156 valence electrons. The Morgan fingerprint density at radius 1 is 1.20 bits per heavy atom. The topological polar surface area (TPSA) is 87.4 Å². The highest BCUT2D eigenvalue weighted by molar-refractivity contribution is 6.10. The molecule has 0 unspecified atom stereocenters. The van der Waals surface area contributed by atoms with Crippen LogP contribution in [0.25, 0.3) is 11.1 Å². The number of fused-ring (bicyclic) bond motifs is 1. The molecule has 1 N–H and O–H groups in total. The number of hydrogen-bond donors (Lipinski definition) is 1. The Morgan fingerprint density at radius 3 is 2.67 bits per heavy atom. The van der Waals surface area contributed by atoms with Gasteiger partial charge in [-0.2, -0.15) is 4.39 Å². The summed E-state index contributed by atoms with van der Waals surface area (Å²) in [5.41, 5.74) is 0.936. The molecule has 5 rings (SSSR count). The van der Waals surface area contributed by atoms with Crippen LogP contribution in [-0.2, 0) is 0 Å². The first-order chi connectivity index (χ1) is 14.4. The first-order valence-electron chi connectivity index (χ1n) is 10.1. The zero-order valence-electron chi connectivity index (χ0n) is 17.0. The van der Waals surface area contributed by atoms with E-state index in [1.165, 1.54) is 12.4 Å². The van der Waals surface area contributed by atoms with Gasteiger partial charge in [-0.05, 0) is 38.8 Å². The van der Waals surface area contributed by atoms with E-state index in [1.807, 2.05) is 4.90 Å². The number of halogens is 1. The average Bonchev–Trinajstić information content (AvgIpc) is 3.36. The first-order valence-corrected chi connectivity index (χ1v) is 10.1. The highest BCUT2D eigenvalue weighted by atomic mass is 19.1. The van der Waals surface area contributed by atoms with Gasteiger partial charge in [0.25, 0.3) is 5.91 Å². The predicted octanol–water partition coefficient (Wildman–Crippen LogP) is 2.99. The van der Waals surface area contributed by atoms with E-state index in [4.69, 9.17) is 4.42 Å². The number of carbonyl (C=O) groups is 1. The molecule has 2 fully saturated rings. The summed E-state index contributed by atoms with van der Waals surface area (Å²) in [6.07, 6.45) is 3.59. The number of hydrogen-bond acceptors (Lipinski definition) is 7. The third kappa shape index (κ3) is 3.34. The van der Waals surface area contributed by atoms with Gasteiger partial charge in [-0.15, -0.1) is 0 Å². The minimum atomic E-state index is -0.504. The molecule has 1 saturated heterocycles. The molecule has 2 aliphatic rings. The molecule has 3 aromatic rings. The zero-order chi connectivity index (χ0) is 20.9. The molecule has 0 spiro atoms. The fraction of sp³-hybridized carbons (Fsp3) is 0.429. The Labute approximate surface area is 173 Å². The van der Waals surface area contributed by atoms with Crippen LogP contribution >= 0.6 is 0 Å². The van der Waals surface area contributed by atoms with Crippen LogP contribution in [0.4, 0.5) is 16.0 Å².